The van der Waals surface area contributed by atoms with Crippen LogP contribution in [0.25, 0.3) is 16.8 Å². The van der Waals surface area contributed by atoms with Crippen molar-refractivity contribution in [3.63, 3.8) is 0 Å². The molecule has 0 atom stereocenters. The van der Waals surface area contributed by atoms with Crippen molar-refractivity contribution < 1.29 is 10.0 Å². The van der Waals surface area contributed by atoms with E-state index in [1.807, 2.05) is 0 Å². The summed E-state index contributed by atoms with van der Waals surface area (Å²) in [6, 6.07) is 10.4. The molecule has 0 saturated carbocycles. The van der Waals surface area contributed by atoms with Gasteiger partial charge < -0.3 is 5.11 Å². The second kappa shape index (κ2) is 6.37. The van der Waals surface area contributed by atoms with Crippen LogP contribution >= 0.6 is 11.6 Å². The number of hydrogen-bond acceptors (Lipinski definition) is 5. The Labute approximate surface area is 146 Å². The van der Waals surface area contributed by atoms with Crippen LogP contribution in [-0.2, 0) is 0 Å². The van der Waals surface area contributed by atoms with Crippen LogP contribution in [0.15, 0.2) is 47.3 Å². The number of nitro benzene ring substituents is 1. The summed E-state index contributed by atoms with van der Waals surface area (Å²) < 4.78 is 1.46. The zero-order valence-electron chi connectivity index (χ0n) is 13.0. The first-order chi connectivity index (χ1) is 11.9. The topological polar surface area (TPSA) is 97.7 Å². The molecular formula is C17H12ClN3O4. The molecule has 0 aliphatic carbocycles. The minimum absolute atomic E-state index is 0.154. The quantitative estimate of drug-likeness (QED) is 0.572. The van der Waals surface area contributed by atoms with Crippen LogP contribution in [0.1, 0.15) is 17.0 Å². The van der Waals surface area contributed by atoms with Gasteiger partial charge in [-0.25, -0.2) is 4.98 Å². The Hall–Kier alpha value is -3.19. The van der Waals surface area contributed by atoms with E-state index in [2.05, 4.69) is 4.98 Å². The number of benzene rings is 1. The van der Waals surface area contributed by atoms with Crippen LogP contribution in [0.2, 0.25) is 0 Å². The predicted octanol–water partition coefficient (Wildman–Crippen LogP) is 3.35. The van der Waals surface area contributed by atoms with Gasteiger partial charge in [-0.3, -0.25) is 19.3 Å². The molecule has 0 unspecified atom stereocenters. The average molecular weight is 358 g/mol. The minimum atomic E-state index is -0.690. The van der Waals surface area contributed by atoms with Gasteiger partial charge in [0.15, 0.2) is 5.75 Å². The lowest BCUT2D eigenvalue weighted by Gasteiger charge is -2.06. The monoisotopic (exact) mass is 357 g/mol. The summed E-state index contributed by atoms with van der Waals surface area (Å²) in [7, 11) is 0. The maximum atomic E-state index is 12.3. The van der Waals surface area contributed by atoms with E-state index in [0.717, 1.165) is 5.69 Å². The van der Waals surface area contributed by atoms with Crippen molar-refractivity contribution >= 4 is 34.0 Å². The molecule has 0 saturated heterocycles. The van der Waals surface area contributed by atoms with Gasteiger partial charge in [-0.05, 0) is 36.8 Å². The highest BCUT2D eigenvalue weighted by atomic mass is 35.5. The number of aryl methyl sites for hydroxylation is 1. The van der Waals surface area contributed by atoms with Crippen molar-refractivity contribution in [2.24, 2.45) is 0 Å². The zero-order valence-corrected chi connectivity index (χ0v) is 13.8. The van der Waals surface area contributed by atoms with Crippen LogP contribution in [-0.4, -0.2) is 19.4 Å². The third-order valence-electron chi connectivity index (χ3n) is 3.61. The van der Waals surface area contributed by atoms with E-state index in [4.69, 9.17) is 11.6 Å². The van der Waals surface area contributed by atoms with Gasteiger partial charge in [-0.2, -0.15) is 0 Å². The van der Waals surface area contributed by atoms with Gasteiger partial charge in [0.25, 0.3) is 5.56 Å². The fourth-order valence-corrected chi connectivity index (χ4v) is 2.66. The third-order valence-corrected chi connectivity index (χ3v) is 3.92. The van der Waals surface area contributed by atoms with Crippen molar-refractivity contribution in [2.45, 2.75) is 6.92 Å². The highest BCUT2D eigenvalue weighted by molar-refractivity contribution is 6.51. The Morgan fingerprint density at radius 1 is 1.32 bits per heavy atom. The van der Waals surface area contributed by atoms with Crippen molar-refractivity contribution in [1.29, 1.82) is 0 Å². The minimum Gasteiger partial charge on any atom is -0.502 e. The fourth-order valence-electron chi connectivity index (χ4n) is 2.43. The van der Waals surface area contributed by atoms with Crippen molar-refractivity contribution in [3.05, 3.63) is 79.9 Å². The Kier molecular flexibility index (Phi) is 4.24. The summed E-state index contributed by atoms with van der Waals surface area (Å²) in [4.78, 5) is 26.8. The third kappa shape index (κ3) is 3.22. The molecule has 7 nitrogen and oxygen atoms in total. The molecule has 0 bridgehead atoms. The summed E-state index contributed by atoms with van der Waals surface area (Å²) in [6.07, 6.45) is 1.45. The normalized spacial score (nSPS) is 11.7. The number of phenols is 1. The van der Waals surface area contributed by atoms with E-state index in [0.29, 0.717) is 11.2 Å². The highest BCUT2D eigenvalue weighted by Crippen LogP contribution is 2.29. The number of aromatic nitrogens is 2. The SMILES string of the molecule is Cc1cccc2nc(/C(Cl)=C/c3ccc(O)c([N+](=O)[O-])c3)cc(=O)n12. The van der Waals surface area contributed by atoms with Gasteiger partial charge in [0, 0.05) is 17.8 Å². The Morgan fingerprint density at radius 2 is 2.08 bits per heavy atom. The maximum Gasteiger partial charge on any atom is 0.311 e. The molecule has 0 radical (unpaired) electrons. The number of halogens is 1. The summed E-state index contributed by atoms with van der Waals surface area (Å²) in [5, 5.41) is 20.5. The molecule has 0 fully saturated rings. The molecule has 0 aliphatic heterocycles. The molecule has 25 heavy (non-hydrogen) atoms. The number of pyridine rings is 1. The number of rotatable bonds is 3. The smallest absolute Gasteiger partial charge is 0.311 e. The number of hydrogen-bond donors (Lipinski definition) is 1. The molecule has 3 rings (SSSR count). The van der Waals surface area contributed by atoms with Gasteiger partial charge in [0.2, 0.25) is 0 Å². The highest BCUT2D eigenvalue weighted by Gasteiger charge is 2.13. The molecule has 0 amide bonds. The number of nitrogens with zero attached hydrogens (tertiary/aromatic N) is 3. The Morgan fingerprint density at radius 3 is 2.80 bits per heavy atom. The van der Waals surface area contributed by atoms with Crippen LogP contribution in [0.3, 0.4) is 0 Å². The average Bonchev–Trinajstić information content (AvgIpc) is 2.56. The van der Waals surface area contributed by atoms with Crippen LogP contribution in [0, 0.1) is 17.0 Å². The molecule has 2 aromatic heterocycles. The molecule has 126 valence electrons. The maximum absolute atomic E-state index is 12.3. The first-order valence-corrected chi connectivity index (χ1v) is 7.59. The summed E-state index contributed by atoms with van der Waals surface area (Å²) in [5.74, 6) is -0.434. The lowest BCUT2D eigenvalue weighted by molar-refractivity contribution is -0.385. The number of nitro groups is 1. The van der Waals surface area contributed by atoms with E-state index in [-0.39, 0.29) is 16.3 Å². The Balaban J connectivity index is 2.09. The van der Waals surface area contributed by atoms with E-state index in [9.17, 15) is 20.0 Å². The predicted molar refractivity (Wildman–Crippen MR) is 94.7 cm³/mol. The van der Waals surface area contributed by atoms with E-state index >= 15 is 0 Å². The fraction of sp³-hybridized carbons (Fsp3) is 0.0588. The van der Waals surface area contributed by atoms with Crippen LogP contribution < -0.4 is 5.56 Å². The van der Waals surface area contributed by atoms with Crippen molar-refractivity contribution in [1.82, 2.24) is 9.38 Å². The standard InChI is InChI=1S/C17H12ClN3O4/c1-10-3-2-4-16-19-13(9-17(23)20(10)16)12(18)7-11-5-6-15(22)14(8-11)21(24)25/h2-9,22H,1H3/b12-7-. The molecular weight excluding hydrogens is 346 g/mol. The summed E-state index contributed by atoms with van der Waals surface area (Å²) in [5.41, 5.74) is 1.15. The molecule has 3 aromatic rings. The zero-order chi connectivity index (χ0) is 18.1. The number of phenolic OH excluding ortho intramolecular Hbond substituents is 1. The largest absolute Gasteiger partial charge is 0.502 e. The summed E-state index contributed by atoms with van der Waals surface area (Å²) >= 11 is 6.24. The van der Waals surface area contributed by atoms with E-state index < -0.39 is 16.4 Å². The van der Waals surface area contributed by atoms with Crippen molar-refractivity contribution in [3.8, 4) is 5.75 Å². The van der Waals surface area contributed by atoms with Gasteiger partial charge >= 0.3 is 5.69 Å². The lowest BCUT2D eigenvalue weighted by Crippen LogP contribution is -2.16. The van der Waals surface area contributed by atoms with Crippen molar-refractivity contribution in [2.75, 3.05) is 0 Å². The van der Waals surface area contributed by atoms with Crippen LogP contribution in [0.4, 0.5) is 5.69 Å². The molecule has 1 N–H and O–H groups in total. The first-order valence-electron chi connectivity index (χ1n) is 7.21. The van der Waals surface area contributed by atoms with Gasteiger partial charge in [-0.15, -0.1) is 0 Å². The summed E-state index contributed by atoms with van der Waals surface area (Å²) in [6.45, 7) is 1.79. The molecule has 0 aliphatic rings. The lowest BCUT2D eigenvalue weighted by atomic mass is 10.1. The van der Waals surface area contributed by atoms with Gasteiger partial charge in [-0.1, -0.05) is 23.7 Å². The second-order valence-electron chi connectivity index (χ2n) is 5.34. The Bertz CT molecular complexity index is 1090. The number of aromatic hydroxyl groups is 1. The first kappa shape index (κ1) is 16.7. The van der Waals surface area contributed by atoms with Gasteiger partial charge in [0.05, 0.1) is 15.6 Å². The van der Waals surface area contributed by atoms with Crippen LogP contribution in [0.5, 0.6) is 5.75 Å². The van der Waals surface area contributed by atoms with E-state index in [1.54, 1.807) is 25.1 Å². The molecule has 0 spiro atoms. The number of fused-ring (bicyclic) bond motifs is 1. The van der Waals surface area contributed by atoms with E-state index in [1.165, 1.54) is 34.7 Å². The molecule has 2 heterocycles. The van der Waals surface area contributed by atoms with Gasteiger partial charge in [0.1, 0.15) is 5.65 Å². The molecule has 8 heteroatoms. The molecule has 1 aromatic carbocycles. The second-order valence-corrected chi connectivity index (χ2v) is 5.75.